The van der Waals surface area contributed by atoms with Gasteiger partial charge in [-0.1, -0.05) is 12.1 Å². The lowest BCUT2D eigenvalue weighted by atomic mass is 9.97. The minimum Gasteiger partial charge on any atom is -0.479 e. The van der Waals surface area contributed by atoms with E-state index in [4.69, 9.17) is 14.2 Å². The normalized spacial score (nSPS) is 23.0. The number of carbonyl (C=O) groups excluding carboxylic acids is 5. The molecule has 2 heterocycles. The summed E-state index contributed by atoms with van der Waals surface area (Å²) in [5, 5.41) is 44.9. The Morgan fingerprint density at radius 3 is 2.28 bits per heavy atom. The Hall–Kier alpha value is -4.64. The number of benzene rings is 1. The number of carbonyl (C=O) groups is 6. The minimum atomic E-state index is -1.94. The summed E-state index contributed by atoms with van der Waals surface area (Å²) in [5.74, 6) is -4.25. The SMILES string of the molecule is CC(C)(C)C(=O)OC/C=C/c1ccc(O[C@@H]2O[C@H](C(=O)O)[C@@H](O)[C@H](O)[C@H]2O)c(NC(=O)CCNC(=O)CCN2C(=O)C=CC2=O)c1. The molecular weight excluding hydrogens is 610 g/mol. The molecule has 16 heteroatoms. The average Bonchev–Trinajstić information content (AvgIpc) is 3.30. The first-order valence-corrected chi connectivity index (χ1v) is 14.3. The second-order valence-electron chi connectivity index (χ2n) is 11.4. The second-order valence-corrected chi connectivity index (χ2v) is 11.4. The van der Waals surface area contributed by atoms with Crippen LogP contribution < -0.4 is 15.4 Å². The first-order chi connectivity index (χ1) is 21.6. The fourth-order valence-electron chi connectivity index (χ4n) is 4.13. The Balaban J connectivity index is 1.68. The van der Waals surface area contributed by atoms with Crippen LogP contribution in [0.25, 0.3) is 6.08 Å². The van der Waals surface area contributed by atoms with Crippen molar-refractivity contribution in [3.8, 4) is 5.75 Å². The summed E-state index contributed by atoms with van der Waals surface area (Å²) in [6.45, 7) is 4.86. The number of aliphatic carboxylic acids is 1. The van der Waals surface area contributed by atoms with Crippen molar-refractivity contribution in [2.24, 2.45) is 5.41 Å². The van der Waals surface area contributed by atoms with Crippen LogP contribution in [0.3, 0.4) is 0 Å². The number of aliphatic hydroxyl groups excluding tert-OH is 3. The van der Waals surface area contributed by atoms with Crippen molar-refractivity contribution < 1.29 is 63.4 Å². The maximum absolute atomic E-state index is 12.8. The van der Waals surface area contributed by atoms with Gasteiger partial charge in [0.15, 0.2) is 6.10 Å². The molecule has 6 N–H and O–H groups in total. The van der Waals surface area contributed by atoms with Gasteiger partial charge in [0.05, 0.1) is 11.1 Å². The topological polar surface area (TPSA) is 238 Å². The van der Waals surface area contributed by atoms with E-state index in [0.29, 0.717) is 5.56 Å². The van der Waals surface area contributed by atoms with Gasteiger partial charge in [-0.3, -0.25) is 28.9 Å². The number of carboxylic acids is 1. The molecule has 4 amide bonds. The van der Waals surface area contributed by atoms with E-state index in [0.717, 1.165) is 17.1 Å². The molecule has 16 nitrogen and oxygen atoms in total. The molecule has 2 aliphatic rings. The number of imide groups is 1. The summed E-state index contributed by atoms with van der Waals surface area (Å²) in [6.07, 6.45) is -4.41. The highest BCUT2D eigenvalue weighted by atomic mass is 16.7. The molecule has 1 fully saturated rings. The van der Waals surface area contributed by atoms with Gasteiger partial charge < -0.3 is 45.3 Å². The van der Waals surface area contributed by atoms with E-state index in [1.54, 1.807) is 32.9 Å². The molecule has 0 aliphatic carbocycles. The largest absolute Gasteiger partial charge is 0.479 e. The average molecular weight is 648 g/mol. The predicted octanol–water partition coefficient (Wildman–Crippen LogP) is -0.680. The molecule has 1 aromatic carbocycles. The number of nitrogens with zero attached hydrogens (tertiary/aromatic N) is 1. The second kappa shape index (κ2) is 15.6. The van der Waals surface area contributed by atoms with Gasteiger partial charge in [-0.15, -0.1) is 0 Å². The quantitative estimate of drug-likeness (QED) is 0.115. The lowest BCUT2D eigenvalue weighted by Gasteiger charge is -2.38. The molecule has 0 saturated carbocycles. The number of hydrogen-bond donors (Lipinski definition) is 6. The number of ether oxygens (including phenoxy) is 3. The van der Waals surface area contributed by atoms with Gasteiger partial charge in [-0.25, -0.2) is 4.79 Å². The molecule has 0 spiro atoms. The highest BCUT2D eigenvalue weighted by molar-refractivity contribution is 6.13. The van der Waals surface area contributed by atoms with Gasteiger partial charge in [0.25, 0.3) is 11.8 Å². The molecule has 3 rings (SSSR count). The summed E-state index contributed by atoms with van der Waals surface area (Å²) in [5.41, 5.74) is -0.151. The lowest BCUT2D eigenvalue weighted by Crippen LogP contribution is -2.61. The van der Waals surface area contributed by atoms with Gasteiger partial charge in [0, 0.05) is 38.1 Å². The van der Waals surface area contributed by atoms with Crippen LogP contribution in [0.1, 0.15) is 39.2 Å². The van der Waals surface area contributed by atoms with Crippen LogP contribution >= 0.6 is 0 Å². The monoisotopic (exact) mass is 647 g/mol. The van der Waals surface area contributed by atoms with Crippen LogP contribution in [0.4, 0.5) is 5.69 Å². The number of aliphatic hydroxyl groups is 3. The highest BCUT2D eigenvalue weighted by Crippen LogP contribution is 2.31. The lowest BCUT2D eigenvalue weighted by molar-refractivity contribution is -0.271. The summed E-state index contributed by atoms with van der Waals surface area (Å²) >= 11 is 0. The summed E-state index contributed by atoms with van der Waals surface area (Å²) < 4.78 is 16.0. The standard InChI is InChI=1S/C30H37N3O13/c1-30(2,3)29(43)44-14-4-5-16-6-7-18(45-28-25(40)23(38)24(39)26(46-28)27(41)42)17(15-16)32-20(35)10-12-31-19(34)11-13-33-21(36)8-9-22(33)37/h4-9,15,23-26,28,38-40H,10-14H2,1-3H3,(H,31,34)(H,32,35)(H,41,42)/b5-4+/t23-,24-,25+,26-,28+/m0/s1. The Morgan fingerprint density at radius 2 is 1.65 bits per heavy atom. The van der Waals surface area contributed by atoms with Crippen LogP contribution in [0.5, 0.6) is 5.75 Å². The van der Waals surface area contributed by atoms with Crippen molar-refractivity contribution in [2.75, 3.05) is 25.0 Å². The van der Waals surface area contributed by atoms with Crippen molar-refractivity contribution in [3.05, 3.63) is 42.0 Å². The van der Waals surface area contributed by atoms with Gasteiger partial charge in [-0.05, 0) is 44.5 Å². The van der Waals surface area contributed by atoms with Gasteiger partial charge in [0.1, 0.15) is 30.7 Å². The Kier molecular flexibility index (Phi) is 12.1. The zero-order valence-electron chi connectivity index (χ0n) is 25.4. The van der Waals surface area contributed by atoms with Crippen LogP contribution in [-0.2, 0) is 38.2 Å². The predicted molar refractivity (Wildman–Crippen MR) is 158 cm³/mol. The Labute approximate surface area is 263 Å². The molecule has 0 unspecified atom stereocenters. The number of amides is 4. The van der Waals surface area contributed by atoms with E-state index < -0.39 is 71.7 Å². The first kappa shape index (κ1) is 35.8. The van der Waals surface area contributed by atoms with Gasteiger partial charge in [0.2, 0.25) is 18.1 Å². The molecule has 2 aliphatic heterocycles. The van der Waals surface area contributed by atoms with E-state index in [-0.39, 0.29) is 44.0 Å². The van der Waals surface area contributed by atoms with Gasteiger partial charge >= 0.3 is 11.9 Å². The van der Waals surface area contributed by atoms with Crippen molar-refractivity contribution >= 4 is 47.3 Å². The van der Waals surface area contributed by atoms with E-state index >= 15 is 0 Å². The minimum absolute atomic E-state index is 0.0343. The van der Waals surface area contributed by atoms with Crippen molar-refractivity contribution in [3.63, 3.8) is 0 Å². The molecule has 1 saturated heterocycles. The van der Waals surface area contributed by atoms with Gasteiger partial charge in [-0.2, -0.15) is 0 Å². The van der Waals surface area contributed by atoms with Crippen LogP contribution in [-0.4, -0.2) is 111 Å². The summed E-state index contributed by atoms with van der Waals surface area (Å²) in [7, 11) is 0. The molecule has 0 bridgehead atoms. The number of rotatable bonds is 13. The molecular formula is C30H37N3O13. The molecule has 46 heavy (non-hydrogen) atoms. The van der Waals surface area contributed by atoms with E-state index in [9.17, 15) is 49.2 Å². The van der Waals surface area contributed by atoms with Crippen molar-refractivity contribution in [1.82, 2.24) is 10.2 Å². The number of esters is 1. The Morgan fingerprint density at radius 1 is 0.978 bits per heavy atom. The molecule has 1 aromatic rings. The van der Waals surface area contributed by atoms with Crippen molar-refractivity contribution in [2.45, 2.75) is 64.3 Å². The number of hydrogen-bond acceptors (Lipinski definition) is 12. The summed E-state index contributed by atoms with van der Waals surface area (Å²) in [4.78, 5) is 72.6. The fraction of sp³-hybridized carbons (Fsp3) is 0.467. The molecule has 0 aromatic heterocycles. The molecule has 250 valence electrons. The maximum Gasteiger partial charge on any atom is 0.335 e. The van der Waals surface area contributed by atoms with Crippen LogP contribution in [0.15, 0.2) is 36.4 Å². The molecule has 0 radical (unpaired) electrons. The zero-order valence-corrected chi connectivity index (χ0v) is 25.4. The fourth-order valence-corrected chi connectivity index (χ4v) is 4.13. The highest BCUT2D eigenvalue weighted by Gasteiger charge is 2.48. The van der Waals surface area contributed by atoms with E-state index in [2.05, 4.69) is 10.6 Å². The van der Waals surface area contributed by atoms with E-state index in [1.165, 1.54) is 18.2 Å². The first-order valence-electron chi connectivity index (χ1n) is 14.3. The maximum atomic E-state index is 12.8. The summed E-state index contributed by atoms with van der Waals surface area (Å²) in [6, 6.07) is 4.37. The number of anilines is 1. The smallest absolute Gasteiger partial charge is 0.335 e. The third kappa shape index (κ3) is 9.68. The zero-order chi connectivity index (χ0) is 34.2. The van der Waals surface area contributed by atoms with Crippen molar-refractivity contribution in [1.29, 1.82) is 0 Å². The van der Waals surface area contributed by atoms with Crippen LogP contribution in [0, 0.1) is 5.41 Å². The Bertz CT molecular complexity index is 1380. The number of carboxylic acid groups (broad SMARTS) is 1. The third-order valence-electron chi connectivity index (χ3n) is 6.70. The molecule has 5 atom stereocenters. The number of nitrogens with one attached hydrogen (secondary N) is 2. The van der Waals surface area contributed by atoms with Crippen LogP contribution in [0.2, 0.25) is 0 Å². The third-order valence-corrected chi connectivity index (χ3v) is 6.70. The van der Waals surface area contributed by atoms with E-state index in [1.807, 2.05) is 0 Å².